The average Bonchev–Trinajstić information content (AvgIpc) is 3.75. The predicted molar refractivity (Wildman–Crippen MR) is 245 cm³/mol. The van der Waals surface area contributed by atoms with E-state index in [0.29, 0.717) is 39.4 Å². The SMILES string of the molecule is COC(=O)c1cccc2c1C1(N=c3c(=C4C(=O)C(c5ccc6cccc7c6c5NC5(N7)c6ccccc6-c6cccc(COC=O)c65)=C4O)ccc4cccc(c34)N1)c1ccccc1-2. The molecule has 10 heteroatoms. The highest BCUT2D eigenvalue weighted by Crippen LogP contribution is 2.57. The molecule has 0 amide bonds. The van der Waals surface area contributed by atoms with E-state index in [1.54, 1.807) is 6.07 Å². The van der Waals surface area contributed by atoms with Gasteiger partial charge in [-0.05, 0) is 56.8 Å². The second-order valence-corrected chi connectivity index (χ2v) is 16.7. The van der Waals surface area contributed by atoms with Gasteiger partial charge in [0, 0.05) is 55.2 Å². The molecule has 13 rings (SSSR count). The van der Waals surface area contributed by atoms with Crippen LogP contribution in [0, 0.1) is 0 Å². The fraction of sp³-hybridized carbons (Fsp3) is 0.0741. The molecule has 2 spiro atoms. The molecule has 0 radical (unpaired) electrons. The minimum Gasteiger partial charge on any atom is -0.506 e. The Bertz CT molecular complexity index is 3690. The Hall–Kier alpha value is -8.50. The van der Waals surface area contributed by atoms with Gasteiger partial charge in [0.2, 0.25) is 5.78 Å². The summed E-state index contributed by atoms with van der Waals surface area (Å²) in [6.07, 6.45) is 0. The Morgan fingerprint density at radius 1 is 0.656 bits per heavy atom. The number of carbonyl (C=O) groups is 3. The Kier molecular flexibility index (Phi) is 7.22. The van der Waals surface area contributed by atoms with Gasteiger partial charge in [-0.25, -0.2) is 9.79 Å². The number of esters is 1. The summed E-state index contributed by atoms with van der Waals surface area (Å²) in [6.45, 7) is 0.515. The van der Waals surface area contributed by atoms with Crippen LogP contribution in [0.3, 0.4) is 0 Å². The van der Waals surface area contributed by atoms with E-state index in [0.717, 1.165) is 77.4 Å². The normalized spacial score (nSPS) is 19.7. The number of anilines is 3. The first-order valence-corrected chi connectivity index (χ1v) is 21.0. The van der Waals surface area contributed by atoms with Crippen LogP contribution in [0.15, 0.2) is 156 Å². The Morgan fingerprint density at radius 2 is 1.31 bits per heavy atom. The largest absolute Gasteiger partial charge is 0.506 e. The molecule has 4 N–H and O–H groups in total. The smallest absolute Gasteiger partial charge is 0.338 e. The first kappa shape index (κ1) is 36.2. The third-order valence-corrected chi connectivity index (χ3v) is 13.7. The molecule has 2 unspecified atom stereocenters. The van der Waals surface area contributed by atoms with Gasteiger partial charge in [0.25, 0.3) is 6.47 Å². The van der Waals surface area contributed by atoms with Crippen LogP contribution in [0.2, 0.25) is 0 Å². The van der Waals surface area contributed by atoms with Gasteiger partial charge in [-0.1, -0.05) is 127 Å². The van der Waals surface area contributed by atoms with Crippen LogP contribution in [0.1, 0.15) is 43.7 Å². The quantitative estimate of drug-likeness (QED) is 0.0991. The molecule has 5 aliphatic rings. The highest BCUT2D eigenvalue weighted by atomic mass is 16.5. The third kappa shape index (κ3) is 4.48. The summed E-state index contributed by atoms with van der Waals surface area (Å²) in [7, 11) is 1.37. The molecule has 0 aromatic heterocycles. The summed E-state index contributed by atoms with van der Waals surface area (Å²) in [5, 5.41) is 28.4. The molecule has 0 saturated carbocycles. The molecular formula is C54H34N4O6. The van der Waals surface area contributed by atoms with Crippen molar-refractivity contribution in [2.75, 3.05) is 23.1 Å². The van der Waals surface area contributed by atoms with Crippen LogP contribution in [-0.2, 0) is 37.0 Å². The first-order valence-electron chi connectivity index (χ1n) is 21.0. The van der Waals surface area contributed by atoms with Crippen LogP contribution in [-0.4, -0.2) is 30.4 Å². The number of ketones is 1. The Labute approximate surface area is 364 Å². The van der Waals surface area contributed by atoms with Crippen molar-refractivity contribution in [2.24, 2.45) is 4.99 Å². The van der Waals surface area contributed by atoms with Gasteiger partial charge in [-0.3, -0.25) is 9.59 Å². The van der Waals surface area contributed by atoms with E-state index in [-0.39, 0.29) is 29.3 Å². The lowest BCUT2D eigenvalue weighted by molar-refractivity contribution is -0.129. The van der Waals surface area contributed by atoms with E-state index < -0.39 is 17.3 Å². The van der Waals surface area contributed by atoms with Gasteiger partial charge in [0.05, 0.1) is 34.9 Å². The number of fused-ring (bicyclic) bond motifs is 10. The lowest BCUT2D eigenvalue weighted by Gasteiger charge is -2.42. The maximum Gasteiger partial charge on any atom is 0.338 e. The summed E-state index contributed by atoms with van der Waals surface area (Å²) in [5.74, 6) is -0.959. The van der Waals surface area contributed by atoms with Gasteiger partial charge >= 0.3 is 5.97 Å². The molecule has 2 atom stereocenters. The Morgan fingerprint density at radius 3 is 2.08 bits per heavy atom. The number of Topliss-reactive ketones (excluding diaryl/α,β-unsaturated/α-hetero) is 1. The highest BCUT2D eigenvalue weighted by Gasteiger charge is 2.50. The topological polar surface area (TPSA) is 138 Å². The number of hydrogen-bond acceptors (Lipinski definition) is 10. The van der Waals surface area contributed by atoms with Crippen molar-refractivity contribution < 1.29 is 29.0 Å². The highest BCUT2D eigenvalue weighted by molar-refractivity contribution is 6.52. The zero-order valence-corrected chi connectivity index (χ0v) is 34.1. The number of methoxy groups -OCH3 is 1. The number of carbonyl (C=O) groups excluding carboxylic acids is 3. The lowest BCUT2D eigenvalue weighted by Crippen LogP contribution is -2.46. The summed E-state index contributed by atoms with van der Waals surface area (Å²) in [5.41, 5.74) is 9.21. The van der Waals surface area contributed by atoms with E-state index in [4.69, 9.17) is 14.5 Å². The molecule has 0 saturated heterocycles. The summed E-state index contributed by atoms with van der Waals surface area (Å²) >= 11 is 0. The predicted octanol–water partition coefficient (Wildman–Crippen LogP) is 8.80. The zero-order valence-electron chi connectivity index (χ0n) is 34.1. The van der Waals surface area contributed by atoms with Gasteiger partial charge in [0.1, 0.15) is 12.4 Å². The van der Waals surface area contributed by atoms with E-state index >= 15 is 4.79 Å². The molecule has 0 bridgehead atoms. The standard InChI is InChI=1S/C54H34N4O6/c1-63-52(62)37-17-9-16-34-32-14-3-5-19-39(32)54(47(34)37)56-41-21-8-11-29-23-25-36(49(58-54)43(29)41)45-50(60)44(51(45)61)35-24-22-28-10-7-20-40-42(28)48(35)57-53(55-40)38-18-4-2-13-31(38)33-15-6-12-30(46(33)53)26-64-27-59/h2-25,27,55-57,60H,26H2,1H3. The van der Waals surface area contributed by atoms with Crippen molar-refractivity contribution in [1.82, 2.24) is 0 Å². The van der Waals surface area contributed by atoms with Crippen LogP contribution in [0.5, 0.6) is 0 Å². The average molecular weight is 835 g/mol. The number of nitrogens with one attached hydrogen (secondary N) is 3. The zero-order chi connectivity index (χ0) is 43.1. The maximum atomic E-state index is 15.1. The molecule has 2 heterocycles. The third-order valence-electron chi connectivity index (χ3n) is 13.7. The van der Waals surface area contributed by atoms with E-state index in [1.165, 1.54) is 7.11 Å². The molecule has 8 aromatic rings. The molecule has 2 aliphatic heterocycles. The number of hydrogen-bond donors (Lipinski definition) is 4. The number of nitrogens with zero attached hydrogens (tertiary/aromatic N) is 1. The number of rotatable bonds is 5. The van der Waals surface area contributed by atoms with Crippen molar-refractivity contribution >= 4 is 68.0 Å². The van der Waals surface area contributed by atoms with Crippen LogP contribution in [0.25, 0.3) is 54.9 Å². The van der Waals surface area contributed by atoms with Crippen molar-refractivity contribution in [2.45, 2.75) is 17.9 Å². The second-order valence-electron chi connectivity index (χ2n) is 16.7. The number of aliphatic hydroxyl groups excluding tert-OH is 1. The van der Waals surface area contributed by atoms with Crippen LogP contribution >= 0.6 is 0 Å². The molecular weight excluding hydrogens is 801 g/mol. The van der Waals surface area contributed by atoms with Crippen LogP contribution < -0.4 is 26.5 Å². The van der Waals surface area contributed by atoms with Crippen molar-refractivity contribution in [3.63, 3.8) is 0 Å². The van der Waals surface area contributed by atoms with E-state index in [9.17, 15) is 14.7 Å². The van der Waals surface area contributed by atoms with Crippen molar-refractivity contribution in [3.05, 3.63) is 201 Å². The molecule has 0 fully saturated rings. The second kappa shape index (κ2) is 12.8. The van der Waals surface area contributed by atoms with Crippen molar-refractivity contribution in [1.29, 1.82) is 0 Å². The number of benzene rings is 8. The number of aliphatic hydroxyl groups is 1. The number of allylic oxidation sites excluding steroid dienone is 2. The molecule has 8 aromatic carbocycles. The van der Waals surface area contributed by atoms with Crippen LogP contribution in [0.4, 0.5) is 17.1 Å². The molecule has 306 valence electrons. The maximum absolute atomic E-state index is 15.1. The molecule has 3 aliphatic carbocycles. The monoisotopic (exact) mass is 834 g/mol. The fourth-order valence-corrected chi connectivity index (χ4v) is 11.1. The van der Waals surface area contributed by atoms with Gasteiger partial charge in [-0.15, -0.1) is 0 Å². The minimum absolute atomic E-state index is 0.0616. The van der Waals surface area contributed by atoms with Gasteiger partial charge in [0.15, 0.2) is 11.3 Å². The summed E-state index contributed by atoms with van der Waals surface area (Å²) in [4.78, 5) is 45.6. The Balaban J connectivity index is 1.06. The van der Waals surface area contributed by atoms with E-state index in [1.807, 2.05) is 121 Å². The summed E-state index contributed by atoms with van der Waals surface area (Å²) < 4.78 is 10.7. The summed E-state index contributed by atoms with van der Waals surface area (Å²) in [6, 6.07) is 47.3. The lowest BCUT2D eigenvalue weighted by atomic mass is 9.79. The fourth-order valence-electron chi connectivity index (χ4n) is 11.1. The molecule has 10 nitrogen and oxygen atoms in total. The minimum atomic E-state index is -1.27. The van der Waals surface area contributed by atoms with Crippen molar-refractivity contribution in [3.8, 4) is 22.3 Å². The van der Waals surface area contributed by atoms with E-state index in [2.05, 4.69) is 34.1 Å². The first-order chi connectivity index (χ1) is 31.4. The van der Waals surface area contributed by atoms with Gasteiger partial charge < -0.3 is 30.5 Å². The van der Waals surface area contributed by atoms with Gasteiger partial charge in [-0.2, -0.15) is 0 Å². The molecule has 64 heavy (non-hydrogen) atoms. The number of ether oxygens (including phenoxy) is 2.